The Kier molecular flexibility index (Phi) is 5.11. The van der Waals surface area contributed by atoms with E-state index in [0.717, 1.165) is 17.8 Å². The van der Waals surface area contributed by atoms with Crippen LogP contribution >= 0.6 is 0 Å². The van der Waals surface area contributed by atoms with Crippen molar-refractivity contribution in [1.29, 1.82) is 0 Å². The fraction of sp³-hybridized carbons (Fsp3) is 0.556. The van der Waals surface area contributed by atoms with Crippen molar-refractivity contribution in [2.75, 3.05) is 39.8 Å². The lowest BCUT2D eigenvalue weighted by Crippen LogP contribution is -2.67. The highest BCUT2D eigenvalue weighted by Gasteiger charge is 2.42. The SMILES string of the molecule is CCc1nc(C)ccc1OCC(=O)N1CCN2C(=O)CN(C)C(=O)[C@H]2C1. The summed E-state index contributed by atoms with van der Waals surface area (Å²) in [5.41, 5.74) is 1.72. The third-order valence-electron chi connectivity index (χ3n) is 4.84. The van der Waals surface area contributed by atoms with E-state index in [1.807, 2.05) is 26.0 Å². The van der Waals surface area contributed by atoms with Crippen molar-refractivity contribution >= 4 is 17.7 Å². The Balaban J connectivity index is 1.62. The Morgan fingerprint density at radius 1 is 1.31 bits per heavy atom. The average Bonchev–Trinajstić information content (AvgIpc) is 2.64. The van der Waals surface area contributed by atoms with Crippen LogP contribution in [0.15, 0.2) is 12.1 Å². The molecule has 3 amide bonds. The molecule has 26 heavy (non-hydrogen) atoms. The van der Waals surface area contributed by atoms with E-state index in [0.29, 0.717) is 18.8 Å². The lowest BCUT2D eigenvalue weighted by atomic mass is 10.1. The predicted molar refractivity (Wildman–Crippen MR) is 93.6 cm³/mol. The summed E-state index contributed by atoms with van der Waals surface area (Å²) in [5.74, 6) is 0.215. The number of rotatable bonds is 4. The maximum absolute atomic E-state index is 12.5. The van der Waals surface area contributed by atoms with E-state index in [1.165, 1.54) is 4.90 Å². The molecule has 0 aromatic carbocycles. The number of piperazine rings is 2. The van der Waals surface area contributed by atoms with Crippen LogP contribution in [0.1, 0.15) is 18.3 Å². The van der Waals surface area contributed by atoms with E-state index in [4.69, 9.17) is 4.74 Å². The van der Waals surface area contributed by atoms with Gasteiger partial charge < -0.3 is 19.4 Å². The zero-order chi connectivity index (χ0) is 18.8. The first-order chi connectivity index (χ1) is 12.4. The Morgan fingerprint density at radius 2 is 2.08 bits per heavy atom. The first kappa shape index (κ1) is 18.2. The molecule has 0 N–H and O–H groups in total. The molecule has 8 nitrogen and oxygen atoms in total. The summed E-state index contributed by atoms with van der Waals surface area (Å²) in [5, 5.41) is 0. The molecule has 8 heteroatoms. The zero-order valence-electron chi connectivity index (χ0n) is 15.4. The number of nitrogens with zero attached hydrogens (tertiary/aromatic N) is 4. The number of hydrogen-bond acceptors (Lipinski definition) is 5. The first-order valence-electron chi connectivity index (χ1n) is 8.82. The van der Waals surface area contributed by atoms with E-state index < -0.39 is 6.04 Å². The summed E-state index contributed by atoms with van der Waals surface area (Å²) in [6.07, 6.45) is 0.717. The van der Waals surface area contributed by atoms with Crippen LogP contribution in [-0.2, 0) is 20.8 Å². The number of aromatic nitrogens is 1. The van der Waals surface area contributed by atoms with Crippen molar-refractivity contribution in [2.45, 2.75) is 26.3 Å². The van der Waals surface area contributed by atoms with Gasteiger partial charge in [0.15, 0.2) is 6.61 Å². The van der Waals surface area contributed by atoms with Crippen molar-refractivity contribution in [3.05, 3.63) is 23.5 Å². The van der Waals surface area contributed by atoms with Crippen LogP contribution < -0.4 is 4.74 Å². The lowest BCUT2D eigenvalue weighted by molar-refractivity contribution is -0.160. The third kappa shape index (κ3) is 3.49. The van der Waals surface area contributed by atoms with Gasteiger partial charge in [-0.25, -0.2) is 0 Å². The normalized spacial score (nSPS) is 20.3. The molecular formula is C18H24N4O4. The van der Waals surface area contributed by atoms with Crippen LogP contribution in [0.2, 0.25) is 0 Å². The third-order valence-corrected chi connectivity index (χ3v) is 4.84. The fourth-order valence-electron chi connectivity index (χ4n) is 3.36. The molecule has 0 unspecified atom stereocenters. The Bertz CT molecular complexity index is 736. The molecule has 2 aliphatic heterocycles. The van der Waals surface area contributed by atoms with Gasteiger partial charge in [-0.15, -0.1) is 0 Å². The molecule has 1 atom stereocenters. The molecule has 3 heterocycles. The van der Waals surface area contributed by atoms with Crippen LogP contribution in [0.4, 0.5) is 0 Å². The summed E-state index contributed by atoms with van der Waals surface area (Å²) in [7, 11) is 1.61. The monoisotopic (exact) mass is 360 g/mol. The van der Waals surface area contributed by atoms with Gasteiger partial charge in [-0.1, -0.05) is 6.92 Å². The van der Waals surface area contributed by atoms with Crippen molar-refractivity contribution in [3.8, 4) is 5.75 Å². The molecule has 0 saturated carbocycles. The quantitative estimate of drug-likeness (QED) is 0.745. The van der Waals surface area contributed by atoms with Crippen molar-refractivity contribution in [2.24, 2.45) is 0 Å². The van der Waals surface area contributed by atoms with Gasteiger partial charge in [-0.05, 0) is 25.5 Å². The highest BCUT2D eigenvalue weighted by Crippen LogP contribution is 2.19. The fourth-order valence-corrected chi connectivity index (χ4v) is 3.36. The van der Waals surface area contributed by atoms with Gasteiger partial charge in [0.05, 0.1) is 18.8 Å². The molecule has 3 rings (SSSR count). The molecule has 0 aliphatic carbocycles. The van der Waals surface area contributed by atoms with Crippen molar-refractivity contribution in [1.82, 2.24) is 19.7 Å². The Morgan fingerprint density at radius 3 is 2.81 bits per heavy atom. The minimum atomic E-state index is -0.591. The zero-order valence-corrected chi connectivity index (χ0v) is 15.4. The van der Waals surface area contributed by atoms with Gasteiger partial charge in [0.2, 0.25) is 11.8 Å². The number of carbonyl (C=O) groups is 3. The molecule has 2 saturated heterocycles. The highest BCUT2D eigenvalue weighted by atomic mass is 16.5. The molecule has 1 aromatic heterocycles. The molecular weight excluding hydrogens is 336 g/mol. The van der Waals surface area contributed by atoms with Crippen LogP contribution in [0.3, 0.4) is 0 Å². The minimum Gasteiger partial charge on any atom is -0.482 e. The topological polar surface area (TPSA) is 83.1 Å². The van der Waals surface area contributed by atoms with E-state index in [-0.39, 0.29) is 37.4 Å². The molecule has 140 valence electrons. The molecule has 0 radical (unpaired) electrons. The summed E-state index contributed by atoms with van der Waals surface area (Å²) < 4.78 is 5.67. The van der Waals surface area contributed by atoms with Crippen LogP contribution in [0.5, 0.6) is 5.75 Å². The van der Waals surface area contributed by atoms with E-state index in [2.05, 4.69) is 4.98 Å². The summed E-state index contributed by atoms with van der Waals surface area (Å²) in [6.45, 7) is 4.89. The molecule has 2 aliphatic rings. The standard InChI is InChI=1S/C18H24N4O4/c1-4-13-15(6-5-12(2)19-13)26-11-17(24)21-7-8-22-14(9-21)18(25)20(3)10-16(22)23/h5-6,14H,4,7-11H2,1-3H3/t14-/m1/s1. The number of ether oxygens (including phenoxy) is 1. The molecule has 2 fully saturated rings. The van der Waals surface area contributed by atoms with Gasteiger partial charge >= 0.3 is 0 Å². The molecule has 0 bridgehead atoms. The second-order valence-corrected chi connectivity index (χ2v) is 6.68. The van der Waals surface area contributed by atoms with Gasteiger partial charge in [0.1, 0.15) is 11.8 Å². The van der Waals surface area contributed by atoms with E-state index in [9.17, 15) is 14.4 Å². The molecule has 1 aromatic rings. The first-order valence-corrected chi connectivity index (χ1v) is 8.82. The Hall–Kier alpha value is -2.64. The summed E-state index contributed by atoms with van der Waals surface area (Å²) in [6, 6.07) is 3.08. The number of likely N-dealkylation sites (N-methyl/N-ethyl adjacent to an activating group) is 1. The number of aryl methyl sites for hydroxylation is 2. The van der Waals surface area contributed by atoms with Gasteiger partial charge in [-0.3, -0.25) is 19.4 Å². The Labute approximate surface area is 152 Å². The largest absolute Gasteiger partial charge is 0.482 e. The van der Waals surface area contributed by atoms with Crippen LogP contribution in [0.25, 0.3) is 0 Å². The number of fused-ring (bicyclic) bond motifs is 1. The van der Waals surface area contributed by atoms with E-state index >= 15 is 0 Å². The smallest absolute Gasteiger partial charge is 0.260 e. The minimum absolute atomic E-state index is 0.0706. The van der Waals surface area contributed by atoms with Crippen LogP contribution in [0, 0.1) is 6.92 Å². The van der Waals surface area contributed by atoms with E-state index in [1.54, 1.807) is 16.8 Å². The summed E-state index contributed by atoms with van der Waals surface area (Å²) in [4.78, 5) is 45.9. The number of hydrogen-bond donors (Lipinski definition) is 0. The summed E-state index contributed by atoms with van der Waals surface area (Å²) >= 11 is 0. The van der Waals surface area contributed by atoms with Gasteiger partial charge in [0, 0.05) is 25.8 Å². The van der Waals surface area contributed by atoms with Gasteiger partial charge in [0.25, 0.3) is 5.91 Å². The average molecular weight is 360 g/mol. The molecule has 0 spiro atoms. The second-order valence-electron chi connectivity index (χ2n) is 6.68. The maximum Gasteiger partial charge on any atom is 0.260 e. The second kappa shape index (κ2) is 7.31. The maximum atomic E-state index is 12.5. The highest BCUT2D eigenvalue weighted by molar-refractivity contribution is 5.95. The van der Waals surface area contributed by atoms with Crippen LogP contribution in [-0.4, -0.2) is 83.3 Å². The van der Waals surface area contributed by atoms with Crippen molar-refractivity contribution < 1.29 is 19.1 Å². The lowest BCUT2D eigenvalue weighted by Gasteiger charge is -2.45. The van der Waals surface area contributed by atoms with Crippen molar-refractivity contribution in [3.63, 3.8) is 0 Å². The number of amides is 3. The van der Waals surface area contributed by atoms with Gasteiger partial charge in [-0.2, -0.15) is 0 Å². The number of pyridine rings is 1. The number of carbonyl (C=O) groups excluding carboxylic acids is 3. The predicted octanol–water partition coefficient (Wildman–Crippen LogP) is -0.157.